The van der Waals surface area contributed by atoms with Crippen molar-refractivity contribution in [1.82, 2.24) is 0 Å². The van der Waals surface area contributed by atoms with Crippen molar-refractivity contribution < 1.29 is 9.84 Å². The minimum absolute atomic E-state index is 0.471. The number of hydrogen-bond donors (Lipinski definition) is 1. The predicted molar refractivity (Wildman–Crippen MR) is 65.8 cm³/mol. The van der Waals surface area contributed by atoms with Crippen molar-refractivity contribution >= 4 is 10.8 Å². The number of aliphatic hydroxyl groups excluding tert-OH is 1. The van der Waals surface area contributed by atoms with Crippen LogP contribution in [0.4, 0.5) is 0 Å². The molecule has 0 spiro atoms. The maximum Gasteiger partial charge on any atom is 0.125 e. The van der Waals surface area contributed by atoms with Gasteiger partial charge >= 0.3 is 0 Å². The van der Waals surface area contributed by atoms with Crippen LogP contribution in [0, 0.1) is 0 Å². The number of benzene rings is 2. The average molecular weight is 216 g/mol. The molecule has 2 rings (SSSR count). The van der Waals surface area contributed by atoms with Gasteiger partial charge in [-0.15, -0.1) is 0 Å². The lowest BCUT2D eigenvalue weighted by Gasteiger charge is -2.16. The molecule has 1 unspecified atom stereocenters. The Hall–Kier alpha value is -1.54. The smallest absolute Gasteiger partial charge is 0.125 e. The molecule has 0 saturated carbocycles. The molecule has 0 radical (unpaired) electrons. The SMILES string of the molecule is CCC(O)c1c(OC)ccc2ccccc12. The lowest BCUT2D eigenvalue weighted by atomic mass is 9.98. The average Bonchev–Trinajstić information content (AvgIpc) is 2.36. The molecule has 0 aliphatic heterocycles. The van der Waals surface area contributed by atoms with Gasteiger partial charge in [0, 0.05) is 5.56 Å². The largest absolute Gasteiger partial charge is 0.496 e. The summed E-state index contributed by atoms with van der Waals surface area (Å²) in [6, 6.07) is 12.0. The second kappa shape index (κ2) is 4.54. The van der Waals surface area contributed by atoms with Gasteiger partial charge in [-0.05, 0) is 23.3 Å². The van der Waals surface area contributed by atoms with E-state index in [1.165, 1.54) is 0 Å². The molecule has 1 atom stereocenters. The van der Waals surface area contributed by atoms with Crippen LogP contribution in [0.1, 0.15) is 25.0 Å². The summed E-state index contributed by atoms with van der Waals surface area (Å²) >= 11 is 0. The van der Waals surface area contributed by atoms with E-state index in [9.17, 15) is 5.11 Å². The molecule has 2 aromatic rings. The van der Waals surface area contributed by atoms with Gasteiger partial charge in [0.05, 0.1) is 13.2 Å². The number of hydrogen-bond acceptors (Lipinski definition) is 2. The molecule has 0 amide bonds. The molecule has 0 heterocycles. The van der Waals surface area contributed by atoms with Crippen LogP contribution in [0.15, 0.2) is 36.4 Å². The Bertz CT molecular complexity index is 491. The Balaban J connectivity index is 2.72. The van der Waals surface area contributed by atoms with E-state index in [4.69, 9.17) is 4.74 Å². The molecule has 1 N–H and O–H groups in total. The van der Waals surface area contributed by atoms with Crippen LogP contribution in [0.3, 0.4) is 0 Å². The highest BCUT2D eigenvalue weighted by Crippen LogP contribution is 2.34. The van der Waals surface area contributed by atoms with Crippen molar-refractivity contribution in [2.75, 3.05) is 7.11 Å². The monoisotopic (exact) mass is 216 g/mol. The summed E-state index contributed by atoms with van der Waals surface area (Å²) < 4.78 is 5.32. The van der Waals surface area contributed by atoms with Crippen LogP contribution in [-0.2, 0) is 0 Å². The fourth-order valence-corrected chi connectivity index (χ4v) is 2.00. The van der Waals surface area contributed by atoms with E-state index < -0.39 is 6.10 Å². The van der Waals surface area contributed by atoms with Crippen molar-refractivity contribution in [1.29, 1.82) is 0 Å². The summed E-state index contributed by atoms with van der Waals surface area (Å²) in [4.78, 5) is 0. The van der Waals surface area contributed by atoms with E-state index in [0.717, 1.165) is 22.1 Å². The second-order valence-corrected chi connectivity index (χ2v) is 3.83. The van der Waals surface area contributed by atoms with Crippen LogP contribution >= 0.6 is 0 Å². The van der Waals surface area contributed by atoms with E-state index >= 15 is 0 Å². The molecule has 0 saturated heterocycles. The number of ether oxygens (including phenoxy) is 1. The van der Waals surface area contributed by atoms with Gasteiger partial charge in [0.15, 0.2) is 0 Å². The number of methoxy groups -OCH3 is 1. The lowest BCUT2D eigenvalue weighted by molar-refractivity contribution is 0.171. The van der Waals surface area contributed by atoms with Crippen LogP contribution < -0.4 is 4.74 Å². The van der Waals surface area contributed by atoms with Crippen molar-refractivity contribution in [2.24, 2.45) is 0 Å². The van der Waals surface area contributed by atoms with Crippen molar-refractivity contribution in [2.45, 2.75) is 19.4 Å². The molecule has 2 aromatic carbocycles. The first-order valence-electron chi connectivity index (χ1n) is 5.51. The molecule has 84 valence electrons. The molecule has 0 aromatic heterocycles. The molecule has 0 aliphatic rings. The van der Waals surface area contributed by atoms with Gasteiger partial charge in [-0.3, -0.25) is 0 Å². The first-order chi connectivity index (χ1) is 7.77. The molecular weight excluding hydrogens is 200 g/mol. The third kappa shape index (κ3) is 1.76. The van der Waals surface area contributed by atoms with E-state index in [1.54, 1.807) is 7.11 Å². The highest BCUT2D eigenvalue weighted by atomic mass is 16.5. The zero-order valence-corrected chi connectivity index (χ0v) is 9.60. The van der Waals surface area contributed by atoms with Crippen LogP contribution in [0.25, 0.3) is 10.8 Å². The summed E-state index contributed by atoms with van der Waals surface area (Å²) in [5.74, 6) is 0.757. The third-order valence-electron chi connectivity index (χ3n) is 2.87. The zero-order chi connectivity index (χ0) is 11.5. The van der Waals surface area contributed by atoms with E-state index in [1.807, 2.05) is 43.3 Å². The molecule has 0 aliphatic carbocycles. The minimum atomic E-state index is -0.471. The van der Waals surface area contributed by atoms with Gasteiger partial charge in [-0.25, -0.2) is 0 Å². The molecule has 16 heavy (non-hydrogen) atoms. The Morgan fingerprint density at radius 3 is 2.62 bits per heavy atom. The first kappa shape index (κ1) is 11.0. The fraction of sp³-hybridized carbons (Fsp3) is 0.286. The van der Waals surface area contributed by atoms with Crippen molar-refractivity contribution in [3.05, 3.63) is 42.0 Å². The van der Waals surface area contributed by atoms with E-state index in [0.29, 0.717) is 6.42 Å². The number of fused-ring (bicyclic) bond motifs is 1. The Labute approximate surface area is 95.5 Å². The van der Waals surface area contributed by atoms with Gasteiger partial charge in [-0.2, -0.15) is 0 Å². The molecular formula is C14H16O2. The summed E-state index contributed by atoms with van der Waals surface area (Å²) in [6.07, 6.45) is 0.214. The van der Waals surface area contributed by atoms with E-state index in [2.05, 4.69) is 0 Å². The summed E-state index contributed by atoms with van der Waals surface area (Å²) in [6.45, 7) is 1.96. The normalized spacial score (nSPS) is 12.7. The van der Waals surface area contributed by atoms with E-state index in [-0.39, 0.29) is 0 Å². The van der Waals surface area contributed by atoms with Gasteiger partial charge < -0.3 is 9.84 Å². The third-order valence-corrected chi connectivity index (χ3v) is 2.87. The fourth-order valence-electron chi connectivity index (χ4n) is 2.00. The summed E-state index contributed by atoms with van der Waals surface area (Å²) in [7, 11) is 1.63. The Morgan fingerprint density at radius 2 is 1.94 bits per heavy atom. The molecule has 0 bridgehead atoms. The van der Waals surface area contributed by atoms with Crippen LogP contribution in [0.5, 0.6) is 5.75 Å². The number of rotatable bonds is 3. The van der Waals surface area contributed by atoms with Crippen LogP contribution in [-0.4, -0.2) is 12.2 Å². The van der Waals surface area contributed by atoms with Gasteiger partial charge in [0.1, 0.15) is 5.75 Å². The van der Waals surface area contributed by atoms with Crippen LogP contribution in [0.2, 0.25) is 0 Å². The Morgan fingerprint density at radius 1 is 1.19 bits per heavy atom. The molecule has 2 nitrogen and oxygen atoms in total. The molecule has 2 heteroatoms. The molecule has 0 fully saturated rings. The highest BCUT2D eigenvalue weighted by molar-refractivity contribution is 5.88. The van der Waals surface area contributed by atoms with Gasteiger partial charge in [0.25, 0.3) is 0 Å². The topological polar surface area (TPSA) is 29.5 Å². The Kier molecular flexibility index (Phi) is 3.11. The zero-order valence-electron chi connectivity index (χ0n) is 9.60. The van der Waals surface area contributed by atoms with Gasteiger partial charge in [0.2, 0.25) is 0 Å². The maximum absolute atomic E-state index is 10.1. The van der Waals surface area contributed by atoms with Crippen molar-refractivity contribution in [3.8, 4) is 5.75 Å². The first-order valence-corrected chi connectivity index (χ1v) is 5.51. The van der Waals surface area contributed by atoms with Gasteiger partial charge in [-0.1, -0.05) is 37.3 Å². The quantitative estimate of drug-likeness (QED) is 0.853. The predicted octanol–water partition coefficient (Wildman–Crippen LogP) is 3.29. The van der Waals surface area contributed by atoms with Crippen molar-refractivity contribution in [3.63, 3.8) is 0 Å². The standard InChI is InChI=1S/C14H16O2/c1-3-12(15)14-11-7-5-4-6-10(11)8-9-13(14)16-2/h4-9,12,15H,3H2,1-2H3. The minimum Gasteiger partial charge on any atom is -0.496 e. The number of aliphatic hydroxyl groups is 1. The summed E-state index contributed by atoms with van der Waals surface area (Å²) in [5, 5.41) is 12.3. The maximum atomic E-state index is 10.1. The lowest BCUT2D eigenvalue weighted by Crippen LogP contribution is -2.00. The second-order valence-electron chi connectivity index (χ2n) is 3.83. The highest BCUT2D eigenvalue weighted by Gasteiger charge is 2.14. The summed E-state index contributed by atoms with van der Waals surface area (Å²) in [5.41, 5.74) is 0.892.